The van der Waals surface area contributed by atoms with Gasteiger partial charge in [0.15, 0.2) is 0 Å². The lowest BCUT2D eigenvalue weighted by molar-refractivity contribution is -0.120. The van der Waals surface area contributed by atoms with Crippen LogP contribution in [0.2, 0.25) is 0 Å². The molecule has 4 nitrogen and oxygen atoms in total. The Morgan fingerprint density at radius 2 is 2.31 bits per heavy atom. The van der Waals surface area contributed by atoms with E-state index < -0.39 is 0 Å². The Bertz CT molecular complexity index is 358. The molecule has 0 amide bonds. The molecular formula is C12H20N2O2. The Morgan fingerprint density at radius 1 is 1.62 bits per heavy atom. The first kappa shape index (κ1) is 12.9. The smallest absolute Gasteiger partial charge is 0.141 e. The molecule has 0 fully saturated rings. The van der Waals surface area contributed by atoms with Crippen LogP contribution < -0.4 is 0 Å². The highest BCUT2D eigenvalue weighted by molar-refractivity contribution is 5.80. The van der Waals surface area contributed by atoms with Gasteiger partial charge in [-0.3, -0.25) is 9.48 Å². The van der Waals surface area contributed by atoms with Crippen molar-refractivity contribution < 1.29 is 9.53 Å². The molecule has 90 valence electrons. The molecule has 1 unspecified atom stereocenters. The van der Waals surface area contributed by atoms with Crippen molar-refractivity contribution in [2.75, 3.05) is 7.11 Å². The second kappa shape index (κ2) is 5.80. The molecule has 0 N–H and O–H groups in total. The molecule has 0 aliphatic rings. The fourth-order valence-electron chi connectivity index (χ4n) is 1.69. The summed E-state index contributed by atoms with van der Waals surface area (Å²) in [4.78, 5) is 11.7. The zero-order valence-electron chi connectivity index (χ0n) is 10.5. The van der Waals surface area contributed by atoms with Crippen LogP contribution >= 0.6 is 0 Å². The molecule has 0 saturated carbocycles. The largest absolute Gasteiger partial charge is 0.381 e. The first-order chi connectivity index (χ1) is 7.56. The second-order valence-corrected chi connectivity index (χ2v) is 4.06. The van der Waals surface area contributed by atoms with Gasteiger partial charge in [0.1, 0.15) is 5.78 Å². The Hall–Kier alpha value is -1.16. The van der Waals surface area contributed by atoms with Crippen LogP contribution in [-0.2, 0) is 22.5 Å². The molecule has 0 saturated heterocycles. The lowest BCUT2D eigenvalue weighted by atomic mass is 10.1. The van der Waals surface area contributed by atoms with E-state index in [4.69, 9.17) is 4.74 Å². The van der Waals surface area contributed by atoms with Crippen LogP contribution in [0.1, 0.15) is 31.7 Å². The summed E-state index contributed by atoms with van der Waals surface area (Å²) >= 11 is 0. The van der Waals surface area contributed by atoms with Gasteiger partial charge in [-0.25, -0.2) is 0 Å². The van der Waals surface area contributed by atoms with Gasteiger partial charge in [0, 0.05) is 32.2 Å². The number of hydrogen-bond donors (Lipinski definition) is 0. The van der Waals surface area contributed by atoms with Gasteiger partial charge in [-0.05, 0) is 26.8 Å². The van der Waals surface area contributed by atoms with Gasteiger partial charge in [0.2, 0.25) is 0 Å². The summed E-state index contributed by atoms with van der Waals surface area (Å²) in [5, 5.41) is 4.31. The summed E-state index contributed by atoms with van der Waals surface area (Å²) in [6.45, 7) is 6.67. The number of carbonyl (C=O) groups is 1. The van der Waals surface area contributed by atoms with E-state index in [-0.39, 0.29) is 11.9 Å². The maximum Gasteiger partial charge on any atom is 0.141 e. The number of nitrogens with zero attached hydrogens (tertiary/aromatic N) is 2. The maximum atomic E-state index is 11.7. The third kappa shape index (κ3) is 3.45. The highest BCUT2D eigenvalue weighted by Gasteiger charge is 2.12. The molecule has 0 radical (unpaired) electrons. The topological polar surface area (TPSA) is 44.1 Å². The number of hydrogen-bond acceptors (Lipinski definition) is 3. The monoisotopic (exact) mass is 224 g/mol. The van der Waals surface area contributed by atoms with Crippen LogP contribution in [-0.4, -0.2) is 28.8 Å². The summed E-state index contributed by atoms with van der Waals surface area (Å²) in [7, 11) is 1.62. The molecule has 0 aliphatic heterocycles. The van der Waals surface area contributed by atoms with Crippen molar-refractivity contribution in [3.8, 4) is 0 Å². The van der Waals surface area contributed by atoms with Crippen LogP contribution in [0.5, 0.6) is 0 Å². The van der Waals surface area contributed by atoms with Gasteiger partial charge < -0.3 is 4.74 Å². The molecule has 1 rings (SSSR count). The number of aryl methyl sites for hydroxylation is 2. The summed E-state index contributed by atoms with van der Waals surface area (Å²) in [5.41, 5.74) is 1.96. The minimum atomic E-state index is -0.00778. The molecule has 0 spiro atoms. The van der Waals surface area contributed by atoms with Crippen LogP contribution in [0.3, 0.4) is 0 Å². The van der Waals surface area contributed by atoms with Gasteiger partial charge in [-0.2, -0.15) is 5.10 Å². The highest BCUT2D eigenvalue weighted by atomic mass is 16.5. The van der Waals surface area contributed by atoms with Crippen molar-refractivity contribution >= 4 is 5.78 Å². The van der Waals surface area contributed by atoms with Gasteiger partial charge in [0.25, 0.3) is 0 Å². The van der Waals surface area contributed by atoms with Crippen LogP contribution in [0, 0.1) is 6.92 Å². The van der Waals surface area contributed by atoms with Gasteiger partial charge in [-0.15, -0.1) is 0 Å². The first-order valence-electron chi connectivity index (χ1n) is 5.64. The van der Waals surface area contributed by atoms with Gasteiger partial charge in [-0.1, -0.05) is 0 Å². The fraction of sp³-hybridized carbons (Fsp3) is 0.667. The van der Waals surface area contributed by atoms with E-state index >= 15 is 0 Å². The Balaban J connectivity index is 2.61. The van der Waals surface area contributed by atoms with Crippen molar-refractivity contribution in [3.63, 3.8) is 0 Å². The summed E-state index contributed by atoms with van der Waals surface area (Å²) in [6.07, 6.45) is 0.902. The third-order valence-electron chi connectivity index (χ3n) is 2.58. The van der Waals surface area contributed by atoms with Crippen molar-refractivity contribution in [2.45, 2.75) is 46.3 Å². The predicted molar refractivity (Wildman–Crippen MR) is 62.4 cm³/mol. The normalized spacial score (nSPS) is 12.8. The highest BCUT2D eigenvalue weighted by Crippen LogP contribution is 2.08. The third-order valence-corrected chi connectivity index (χ3v) is 2.58. The quantitative estimate of drug-likeness (QED) is 0.739. The van der Waals surface area contributed by atoms with E-state index in [1.165, 1.54) is 0 Å². The summed E-state index contributed by atoms with van der Waals surface area (Å²) in [5.74, 6) is 0.198. The predicted octanol–water partition coefficient (Wildman–Crippen LogP) is 1.75. The van der Waals surface area contributed by atoms with Crippen LogP contribution in [0.4, 0.5) is 0 Å². The van der Waals surface area contributed by atoms with E-state index in [2.05, 4.69) is 5.10 Å². The Labute approximate surface area is 96.6 Å². The molecule has 4 heteroatoms. The zero-order valence-corrected chi connectivity index (χ0v) is 10.5. The molecular weight excluding hydrogens is 204 g/mol. The second-order valence-electron chi connectivity index (χ2n) is 4.06. The molecule has 1 aromatic rings. The van der Waals surface area contributed by atoms with E-state index in [9.17, 15) is 4.79 Å². The minimum Gasteiger partial charge on any atom is -0.381 e. The maximum absolute atomic E-state index is 11.7. The van der Waals surface area contributed by atoms with Gasteiger partial charge >= 0.3 is 0 Å². The first-order valence-corrected chi connectivity index (χ1v) is 5.64. The molecule has 16 heavy (non-hydrogen) atoms. The average Bonchev–Trinajstić information content (AvgIpc) is 2.58. The van der Waals surface area contributed by atoms with E-state index in [0.29, 0.717) is 12.8 Å². The Kier molecular flexibility index (Phi) is 4.68. The fourth-order valence-corrected chi connectivity index (χ4v) is 1.69. The lowest BCUT2D eigenvalue weighted by Gasteiger charge is -2.08. The SMILES string of the molecule is CCn1nc(C)cc1CC(=O)CC(C)OC. The van der Waals surface area contributed by atoms with E-state index in [1.807, 2.05) is 31.5 Å². The van der Waals surface area contributed by atoms with Crippen LogP contribution in [0.15, 0.2) is 6.07 Å². The molecule has 0 aliphatic carbocycles. The number of carbonyl (C=O) groups excluding carboxylic acids is 1. The lowest BCUT2D eigenvalue weighted by Crippen LogP contribution is -2.16. The molecule has 1 heterocycles. The average molecular weight is 224 g/mol. The molecule has 0 bridgehead atoms. The Morgan fingerprint density at radius 3 is 2.88 bits per heavy atom. The number of methoxy groups -OCH3 is 1. The minimum absolute atomic E-state index is 0.00778. The van der Waals surface area contributed by atoms with Crippen molar-refractivity contribution in [1.29, 1.82) is 0 Å². The number of ether oxygens (including phenoxy) is 1. The number of Topliss-reactive ketones (excluding diaryl/α,β-unsaturated/α-hetero) is 1. The molecule has 0 aromatic carbocycles. The van der Waals surface area contributed by atoms with Crippen LogP contribution in [0.25, 0.3) is 0 Å². The summed E-state index contributed by atoms with van der Waals surface area (Å²) < 4.78 is 6.96. The van der Waals surface area contributed by atoms with Crippen molar-refractivity contribution in [1.82, 2.24) is 9.78 Å². The van der Waals surface area contributed by atoms with E-state index in [0.717, 1.165) is 17.9 Å². The molecule has 1 aromatic heterocycles. The summed E-state index contributed by atoms with van der Waals surface area (Å²) in [6, 6.07) is 1.97. The molecule has 1 atom stereocenters. The number of ketones is 1. The zero-order chi connectivity index (χ0) is 12.1. The van der Waals surface area contributed by atoms with E-state index in [1.54, 1.807) is 7.11 Å². The number of aromatic nitrogens is 2. The van der Waals surface area contributed by atoms with Gasteiger partial charge in [0.05, 0.1) is 11.8 Å². The van der Waals surface area contributed by atoms with Crippen molar-refractivity contribution in [3.05, 3.63) is 17.5 Å². The standard InChI is InChI=1S/C12H20N2O2/c1-5-14-11(6-9(2)13-14)8-12(15)7-10(3)16-4/h6,10H,5,7-8H2,1-4H3. The van der Waals surface area contributed by atoms with Crippen molar-refractivity contribution in [2.24, 2.45) is 0 Å². The number of rotatable bonds is 6.